The van der Waals surface area contributed by atoms with E-state index in [-0.39, 0.29) is 41.4 Å². The zero-order chi connectivity index (χ0) is 19.3. The molecular weight excluding hydrogens is 491 g/mol. The van der Waals surface area contributed by atoms with Gasteiger partial charge in [0.15, 0.2) is 5.96 Å². The molecule has 3 rings (SSSR count). The van der Waals surface area contributed by atoms with E-state index in [2.05, 4.69) is 22.5 Å². The van der Waals surface area contributed by atoms with Gasteiger partial charge in [0.25, 0.3) is 0 Å². The number of benzene rings is 1. The van der Waals surface area contributed by atoms with E-state index in [0.29, 0.717) is 18.0 Å². The maximum absolute atomic E-state index is 11.7. The monoisotopic (exact) mass is 520 g/mol. The molecule has 2 saturated heterocycles. The highest BCUT2D eigenvalue weighted by Crippen LogP contribution is 2.36. The first-order valence-corrected chi connectivity index (χ1v) is 10.1. The highest BCUT2D eigenvalue weighted by atomic mass is 127. The number of carbonyl (C=O) groups is 1. The first kappa shape index (κ1) is 23.1. The van der Waals surface area contributed by atoms with Gasteiger partial charge in [-0.15, -0.1) is 24.0 Å². The van der Waals surface area contributed by atoms with Crippen molar-refractivity contribution in [2.75, 3.05) is 32.7 Å². The molecule has 2 fully saturated rings. The van der Waals surface area contributed by atoms with Crippen LogP contribution in [0.5, 0.6) is 5.75 Å². The average Bonchev–Trinajstić information content (AvgIpc) is 3.00. The maximum Gasteiger partial charge on any atom is 0.220 e. The first-order chi connectivity index (χ1) is 13.0. The average molecular weight is 521 g/mol. The Kier molecular flexibility index (Phi) is 8.67. The number of piperidine rings is 1. The van der Waals surface area contributed by atoms with E-state index in [1.807, 2.05) is 31.2 Å². The molecule has 1 aromatic carbocycles. The number of ether oxygens (including phenoxy) is 1. The molecule has 0 aliphatic carbocycles. The number of rotatable bonds is 5. The van der Waals surface area contributed by atoms with E-state index in [9.17, 15) is 4.79 Å². The van der Waals surface area contributed by atoms with Gasteiger partial charge in [-0.2, -0.15) is 0 Å². The molecular formula is C20H30ClIN4O2. The second-order valence-corrected chi connectivity index (χ2v) is 7.99. The van der Waals surface area contributed by atoms with E-state index >= 15 is 0 Å². The lowest BCUT2D eigenvalue weighted by atomic mass is 9.79. The van der Waals surface area contributed by atoms with Crippen LogP contribution in [0.4, 0.5) is 0 Å². The van der Waals surface area contributed by atoms with Crippen molar-refractivity contribution >= 4 is 47.4 Å². The van der Waals surface area contributed by atoms with Crippen molar-refractivity contribution in [2.24, 2.45) is 10.4 Å². The third-order valence-corrected chi connectivity index (χ3v) is 5.39. The summed E-state index contributed by atoms with van der Waals surface area (Å²) in [5.41, 5.74) is 0.0525. The summed E-state index contributed by atoms with van der Waals surface area (Å²) in [5.74, 6) is 1.87. The zero-order valence-electron chi connectivity index (χ0n) is 16.5. The van der Waals surface area contributed by atoms with Crippen LogP contribution in [-0.2, 0) is 4.79 Å². The molecule has 0 aromatic heterocycles. The van der Waals surface area contributed by atoms with Crippen LogP contribution in [0.3, 0.4) is 0 Å². The van der Waals surface area contributed by atoms with Gasteiger partial charge in [0.1, 0.15) is 11.9 Å². The number of hydrogen-bond acceptors (Lipinski definition) is 3. The molecule has 28 heavy (non-hydrogen) atoms. The first-order valence-electron chi connectivity index (χ1n) is 9.72. The molecule has 2 atom stereocenters. The molecule has 2 N–H and O–H groups in total. The third-order valence-electron chi connectivity index (χ3n) is 5.14. The number of hydrogen-bond donors (Lipinski definition) is 2. The van der Waals surface area contributed by atoms with Gasteiger partial charge in [0, 0.05) is 43.0 Å². The number of halogens is 2. The highest BCUT2D eigenvalue weighted by molar-refractivity contribution is 14.0. The lowest BCUT2D eigenvalue weighted by Gasteiger charge is -2.40. The number of aliphatic imine (C=N–C) groups is 1. The Balaban J connectivity index is 0.00000280. The van der Waals surface area contributed by atoms with Gasteiger partial charge in [-0.25, -0.2) is 4.99 Å². The van der Waals surface area contributed by atoms with Gasteiger partial charge in [-0.05, 0) is 51.0 Å². The molecule has 8 heteroatoms. The quantitative estimate of drug-likeness (QED) is 0.355. The van der Waals surface area contributed by atoms with Crippen LogP contribution in [0.1, 0.15) is 33.1 Å². The van der Waals surface area contributed by atoms with Gasteiger partial charge in [-0.1, -0.05) is 11.6 Å². The van der Waals surface area contributed by atoms with Crippen molar-refractivity contribution in [1.82, 2.24) is 15.5 Å². The largest absolute Gasteiger partial charge is 0.489 e. The van der Waals surface area contributed by atoms with Crippen molar-refractivity contribution in [1.29, 1.82) is 0 Å². The Morgan fingerprint density at radius 2 is 2.18 bits per heavy atom. The number of guanidine groups is 1. The Labute approximate surface area is 189 Å². The topological polar surface area (TPSA) is 66.0 Å². The summed E-state index contributed by atoms with van der Waals surface area (Å²) in [7, 11) is 0. The van der Waals surface area contributed by atoms with Crippen molar-refractivity contribution in [3.63, 3.8) is 0 Å². The molecule has 0 bridgehead atoms. The van der Waals surface area contributed by atoms with Gasteiger partial charge in [0.05, 0.1) is 6.54 Å². The summed E-state index contributed by atoms with van der Waals surface area (Å²) in [5, 5.41) is 7.09. The number of nitrogens with zero attached hydrogens (tertiary/aromatic N) is 2. The molecule has 156 valence electrons. The highest BCUT2D eigenvalue weighted by Gasteiger charge is 2.42. The number of carbonyl (C=O) groups excluding carboxylic acids is 1. The van der Waals surface area contributed by atoms with Crippen molar-refractivity contribution in [3.8, 4) is 5.75 Å². The van der Waals surface area contributed by atoms with Crippen LogP contribution < -0.4 is 15.4 Å². The van der Waals surface area contributed by atoms with Crippen LogP contribution in [0.15, 0.2) is 29.3 Å². The molecule has 2 aliphatic heterocycles. The summed E-state index contributed by atoms with van der Waals surface area (Å²) >= 11 is 5.92. The minimum atomic E-state index is -0.0479. The predicted octanol–water partition coefficient (Wildman–Crippen LogP) is 3.29. The molecule has 0 saturated carbocycles. The predicted molar refractivity (Wildman–Crippen MR) is 124 cm³/mol. The number of likely N-dealkylation sites (tertiary alicyclic amines) is 1. The van der Waals surface area contributed by atoms with Crippen LogP contribution in [0, 0.1) is 5.41 Å². The van der Waals surface area contributed by atoms with Crippen LogP contribution in [0.2, 0.25) is 5.02 Å². The van der Waals surface area contributed by atoms with E-state index in [4.69, 9.17) is 21.3 Å². The summed E-state index contributed by atoms with van der Waals surface area (Å²) in [6.45, 7) is 8.07. The molecule has 2 aliphatic rings. The Morgan fingerprint density at radius 3 is 2.82 bits per heavy atom. The van der Waals surface area contributed by atoms with E-state index in [0.717, 1.165) is 50.7 Å². The zero-order valence-corrected chi connectivity index (χ0v) is 19.6. The molecule has 6 nitrogen and oxygen atoms in total. The lowest BCUT2D eigenvalue weighted by molar-refractivity contribution is -0.119. The van der Waals surface area contributed by atoms with Gasteiger partial charge in [-0.3, -0.25) is 4.79 Å². The van der Waals surface area contributed by atoms with E-state index in [1.165, 1.54) is 0 Å². The molecule has 2 unspecified atom stereocenters. The van der Waals surface area contributed by atoms with Crippen LogP contribution in [0.25, 0.3) is 0 Å². The summed E-state index contributed by atoms with van der Waals surface area (Å²) in [6.07, 6.45) is 2.75. The smallest absolute Gasteiger partial charge is 0.220 e. The minimum absolute atomic E-state index is 0. The molecule has 1 amide bonds. The third kappa shape index (κ3) is 6.14. The second-order valence-electron chi connectivity index (χ2n) is 7.56. The standard InChI is InChI=1S/C20H29ClN4O2.HI/c1-3-22-19(23-12-15(2)27-17-7-5-16(21)6-8-17)25-10-4-9-20(14-25)11-18(26)24-13-20;/h5-8,15H,3-4,9-14H2,1-2H3,(H,22,23)(H,24,26);1H. The Hall–Kier alpha value is -1.22. The van der Waals surface area contributed by atoms with Crippen LogP contribution >= 0.6 is 35.6 Å². The fourth-order valence-corrected chi connectivity index (χ4v) is 3.98. The van der Waals surface area contributed by atoms with Crippen molar-refractivity contribution in [2.45, 2.75) is 39.2 Å². The molecule has 1 spiro atoms. The van der Waals surface area contributed by atoms with Gasteiger partial charge >= 0.3 is 0 Å². The van der Waals surface area contributed by atoms with Gasteiger partial charge in [0.2, 0.25) is 5.91 Å². The van der Waals surface area contributed by atoms with E-state index < -0.39 is 0 Å². The second kappa shape index (κ2) is 10.5. The van der Waals surface area contributed by atoms with Crippen LogP contribution in [-0.4, -0.2) is 55.6 Å². The summed E-state index contributed by atoms with van der Waals surface area (Å²) in [4.78, 5) is 18.8. The normalized spacial score (nSPS) is 23.2. The molecule has 1 aromatic rings. The van der Waals surface area contributed by atoms with Crippen molar-refractivity contribution < 1.29 is 9.53 Å². The lowest BCUT2D eigenvalue weighted by Crippen LogP contribution is -2.51. The Morgan fingerprint density at radius 1 is 1.43 bits per heavy atom. The van der Waals surface area contributed by atoms with E-state index in [1.54, 1.807) is 0 Å². The fourth-order valence-electron chi connectivity index (χ4n) is 3.85. The van der Waals surface area contributed by atoms with Gasteiger partial charge < -0.3 is 20.3 Å². The number of amides is 1. The fraction of sp³-hybridized carbons (Fsp3) is 0.600. The molecule has 2 heterocycles. The Bertz CT molecular complexity index is 685. The van der Waals surface area contributed by atoms with Crippen molar-refractivity contribution in [3.05, 3.63) is 29.3 Å². The number of nitrogens with one attached hydrogen (secondary N) is 2. The summed E-state index contributed by atoms with van der Waals surface area (Å²) in [6, 6.07) is 7.38. The minimum Gasteiger partial charge on any atom is -0.489 e. The SMILES string of the molecule is CCNC(=NCC(C)Oc1ccc(Cl)cc1)N1CCCC2(CNC(=O)C2)C1.I. The maximum atomic E-state index is 11.7. The molecule has 0 radical (unpaired) electrons. The summed E-state index contributed by atoms with van der Waals surface area (Å²) < 4.78 is 5.93.